The van der Waals surface area contributed by atoms with E-state index in [1.54, 1.807) is 12.1 Å². The molecular formula is C32H29ClF4N4O5. The summed E-state index contributed by atoms with van der Waals surface area (Å²) in [5.74, 6) is -2.28. The van der Waals surface area contributed by atoms with Crippen molar-refractivity contribution in [1.82, 2.24) is 10.3 Å². The van der Waals surface area contributed by atoms with Gasteiger partial charge in [0.1, 0.15) is 5.75 Å². The Bertz CT molecular complexity index is 1770. The number of carbonyl (C=O) groups excluding carboxylic acids is 2. The number of ether oxygens (including phenoxy) is 3. The van der Waals surface area contributed by atoms with Gasteiger partial charge in [0.25, 0.3) is 0 Å². The number of carbonyl (C=O) groups is 2. The van der Waals surface area contributed by atoms with Crippen molar-refractivity contribution in [2.45, 2.75) is 25.6 Å². The fourth-order valence-corrected chi connectivity index (χ4v) is 5.24. The van der Waals surface area contributed by atoms with Gasteiger partial charge in [-0.15, -0.1) is 0 Å². The summed E-state index contributed by atoms with van der Waals surface area (Å²) >= 11 is 6.10. The Labute approximate surface area is 266 Å². The molecule has 2 heterocycles. The molecule has 0 atom stereocenters. The van der Waals surface area contributed by atoms with Crippen LogP contribution in [0.3, 0.4) is 0 Å². The molecular weight excluding hydrogens is 632 g/mol. The monoisotopic (exact) mass is 660 g/mol. The lowest BCUT2D eigenvalue weighted by Crippen LogP contribution is -2.40. The molecule has 0 unspecified atom stereocenters. The molecule has 0 bridgehead atoms. The molecule has 9 nitrogen and oxygen atoms in total. The number of alkyl halides is 3. The largest absolute Gasteiger partial charge is 0.493 e. The number of nitrogens with one attached hydrogen (secondary N) is 1. The van der Waals surface area contributed by atoms with E-state index in [0.717, 1.165) is 55.1 Å². The van der Waals surface area contributed by atoms with E-state index in [1.165, 1.54) is 31.5 Å². The number of hydrogen-bond acceptors (Lipinski definition) is 7. The highest BCUT2D eigenvalue weighted by Crippen LogP contribution is 2.39. The molecule has 14 heteroatoms. The Hall–Kier alpha value is -4.62. The molecule has 1 saturated heterocycles. The highest BCUT2D eigenvalue weighted by Gasteiger charge is 2.32. The molecule has 1 aromatic heterocycles. The fraction of sp³-hybridized carbons (Fsp3) is 0.281. The minimum Gasteiger partial charge on any atom is -0.493 e. The van der Waals surface area contributed by atoms with Gasteiger partial charge in [0.15, 0.2) is 23.1 Å². The Morgan fingerprint density at radius 3 is 2.46 bits per heavy atom. The Morgan fingerprint density at radius 1 is 1.02 bits per heavy atom. The van der Waals surface area contributed by atoms with E-state index < -0.39 is 35.9 Å². The maximum Gasteiger partial charge on any atom is 0.416 e. The molecule has 1 fully saturated rings. The molecule has 1 aliphatic rings. The zero-order valence-electron chi connectivity index (χ0n) is 24.5. The average Bonchev–Trinajstić information content (AvgIpc) is 3.03. The number of pyridine rings is 1. The van der Waals surface area contributed by atoms with E-state index in [-0.39, 0.29) is 27.8 Å². The normalized spacial score (nSPS) is 13.8. The van der Waals surface area contributed by atoms with Crippen molar-refractivity contribution in [2.24, 2.45) is 11.7 Å². The van der Waals surface area contributed by atoms with Crippen LogP contribution in [0, 0.1) is 11.7 Å². The van der Waals surface area contributed by atoms with E-state index >= 15 is 4.39 Å². The molecule has 0 aliphatic carbocycles. The van der Waals surface area contributed by atoms with Crippen molar-refractivity contribution in [1.29, 1.82) is 0 Å². The van der Waals surface area contributed by atoms with Gasteiger partial charge in [-0.2, -0.15) is 13.2 Å². The van der Waals surface area contributed by atoms with Crippen LogP contribution in [0.15, 0.2) is 60.8 Å². The van der Waals surface area contributed by atoms with Gasteiger partial charge in [-0.25, -0.2) is 4.39 Å². The Kier molecular flexibility index (Phi) is 9.82. The third kappa shape index (κ3) is 7.43. The van der Waals surface area contributed by atoms with Crippen molar-refractivity contribution in [2.75, 3.05) is 31.7 Å². The van der Waals surface area contributed by atoms with Crippen LogP contribution in [0.2, 0.25) is 5.02 Å². The third-order valence-electron chi connectivity index (χ3n) is 7.52. The first-order chi connectivity index (χ1) is 21.9. The number of anilines is 1. The average molecular weight is 661 g/mol. The second-order valence-corrected chi connectivity index (χ2v) is 11.0. The van der Waals surface area contributed by atoms with Crippen LogP contribution in [0.4, 0.5) is 23.2 Å². The number of methoxy groups -OCH3 is 1. The highest BCUT2D eigenvalue weighted by atomic mass is 35.5. The highest BCUT2D eigenvalue weighted by molar-refractivity contribution is 6.39. The van der Waals surface area contributed by atoms with Gasteiger partial charge in [0, 0.05) is 34.4 Å². The summed E-state index contributed by atoms with van der Waals surface area (Å²) in [6, 6.07) is 10.8. The summed E-state index contributed by atoms with van der Waals surface area (Å²) in [6.45, 7) is 1.80. The maximum absolute atomic E-state index is 15.5. The quantitative estimate of drug-likeness (QED) is 0.161. The number of halogens is 5. The molecule has 1 aliphatic heterocycles. The summed E-state index contributed by atoms with van der Waals surface area (Å²) in [5, 5.41) is 3.72. The summed E-state index contributed by atoms with van der Waals surface area (Å²) in [4.78, 5) is 29.6. The van der Waals surface area contributed by atoms with E-state index in [1.807, 2.05) is 0 Å². The van der Waals surface area contributed by atoms with Gasteiger partial charge in [0.05, 0.1) is 31.3 Å². The van der Waals surface area contributed by atoms with Gasteiger partial charge < -0.3 is 25.3 Å². The SMILES string of the molecule is COc1cc2c(Oc3ccc(N(Cc4cc(C(F)(F)F)ccc4Cl)C(=O)C(N)=O)cc3F)ccnc2cc1OCC1CCNCC1. The van der Waals surface area contributed by atoms with Crippen LogP contribution in [-0.2, 0) is 22.3 Å². The number of fused-ring (bicyclic) bond motifs is 1. The topological polar surface area (TPSA) is 116 Å². The predicted molar refractivity (Wildman–Crippen MR) is 163 cm³/mol. The van der Waals surface area contributed by atoms with Crippen LogP contribution in [0.1, 0.15) is 24.0 Å². The van der Waals surface area contributed by atoms with Gasteiger partial charge in [-0.05, 0) is 79.9 Å². The van der Waals surface area contributed by atoms with E-state index in [4.69, 9.17) is 31.5 Å². The number of amides is 2. The zero-order chi connectivity index (χ0) is 33.0. The van der Waals surface area contributed by atoms with Crippen molar-refractivity contribution in [3.05, 3.63) is 82.8 Å². The molecule has 2 amide bonds. The lowest BCUT2D eigenvalue weighted by atomic mass is 9.99. The van der Waals surface area contributed by atoms with Crippen molar-refractivity contribution < 1.29 is 41.4 Å². The van der Waals surface area contributed by atoms with Gasteiger partial charge in [-0.3, -0.25) is 19.5 Å². The first-order valence-corrected chi connectivity index (χ1v) is 14.6. The van der Waals surface area contributed by atoms with E-state index in [0.29, 0.717) is 34.9 Å². The van der Waals surface area contributed by atoms with Gasteiger partial charge in [0.2, 0.25) is 0 Å². The predicted octanol–water partition coefficient (Wildman–Crippen LogP) is 6.24. The lowest BCUT2D eigenvalue weighted by molar-refractivity contribution is -0.137. The second kappa shape index (κ2) is 13.8. The number of hydrogen-bond donors (Lipinski definition) is 2. The van der Waals surface area contributed by atoms with Gasteiger partial charge in [-0.1, -0.05) is 11.6 Å². The van der Waals surface area contributed by atoms with Crippen LogP contribution in [0.5, 0.6) is 23.0 Å². The molecule has 242 valence electrons. The van der Waals surface area contributed by atoms with E-state index in [2.05, 4.69) is 10.3 Å². The van der Waals surface area contributed by atoms with Crippen molar-refractivity contribution in [3.8, 4) is 23.0 Å². The van der Waals surface area contributed by atoms with Gasteiger partial charge >= 0.3 is 18.0 Å². The van der Waals surface area contributed by atoms with Crippen molar-refractivity contribution in [3.63, 3.8) is 0 Å². The number of nitrogens with zero attached hydrogens (tertiary/aromatic N) is 2. The number of rotatable bonds is 9. The minimum atomic E-state index is -4.69. The zero-order valence-corrected chi connectivity index (χ0v) is 25.3. The number of aromatic nitrogens is 1. The number of piperidine rings is 1. The van der Waals surface area contributed by atoms with Crippen LogP contribution < -0.4 is 30.2 Å². The molecule has 4 aromatic rings. The third-order valence-corrected chi connectivity index (χ3v) is 7.89. The lowest BCUT2D eigenvalue weighted by Gasteiger charge is -2.23. The molecule has 5 rings (SSSR count). The number of primary amides is 1. The number of nitrogens with two attached hydrogens (primary N) is 1. The molecule has 0 radical (unpaired) electrons. The molecule has 3 N–H and O–H groups in total. The summed E-state index contributed by atoms with van der Waals surface area (Å²) in [5.41, 5.74) is 4.37. The molecule has 0 spiro atoms. The van der Waals surface area contributed by atoms with Crippen LogP contribution in [-0.4, -0.2) is 43.6 Å². The molecule has 0 saturated carbocycles. The minimum absolute atomic E-state index is 0.101. The molecule has 46 heavy (non-hydrogen) atoms. The molecule has 3 aromatic carbocycles. The Balaban J connectivity index is 1.41. The first-order valence-electron chi connectivity index (χ1n) is 14.2. The standard InChI is InChI=1S/C32H29ClF4N4O5/c1-44-28-14-22-25(15-29(28)45-17-18-6-9-39-10-7-18)40-11-8-26(22)46-27-5-3-21(13-24(27)34)41(31(43)30(38)42)16-19-12-20(32(35,36)37)2-4-23(19)33/h2-5,8,11-15,18,39H,6-7,9-10,16-17H2,1H3,(H2,38,42). The fourth-order valence-electron chi connectivity index (χ4n) is 5.06. The summed E-state index contributed by atoms with van der Waals surface area (Å²) in [6.07, 6.45) is -1.20. The smallest absolute Gasteiger partial charge is 0.416 e. The van der Waals surface area contributed by atoms with Crippen molar-refractivity contribution >= 4 is 40.0 Å². The number of benzene rings is 3. The van der Waals surface area contributed by atoms with E-state index in [9.17, 15) is 22.8 Å². The summed E-state index contributed by atoms with van der Waals surface area (Å²) < 4.78 is 72.9. The maximum atomic E-state index is 15.5. The second-order valence-electron chi connectivity index (χ2n) is 10.6. The summed E-state index contributed by atoms with van der Waals surface area (Å²) in [7, 11) is 1.50. The first kappa shape index (κ1) is 32.8. The Morgan fingerprint density at radius 2 is 1.78 bits per heavy atom. The van der Waals surface area contributed by atoms with Crippen LogP contribution in [0.25, 0.3) is 10.9 Å². The van der Waals surface area contributed by atoms with Crippen LogP contribution >= 0.6 is 11.6 Å².